The zero-order valence-electron chi connectivity index (χ0n) is 9.60. The van der Waals surface area contributed by atoms with Crippen molar-refractivity contribution in [1.29, 1.82) is 0 Å². The number of thiazole rings is 1. The monoisotopic (exact) mass is 245 g/mol. The van der Waals surface area contributed by atoms with Gasteiger partial charge in [-0.2, -0.15) is 0 Å². The molecule has 1 aliphatic rings. The Bertz CT molecular complexity index is 474. The molecule has 3 rings (SSSR count). The molecule has 17 heavy (non-hydrogen) atoms. The third-order valence-electron chi connectivity index (χ3n) is 3.05. The van der Waals surface area contributed by atoms with Gasteiger partial charge in [0.2, 0.25) is 0 Å². The molecule has 0 unspecified atom stereocenters. The molecule has 0 bridgehead atoms. The molecular formula is C13H15N3S. The molecule has 1 N–H and O–H groups in total. The molecule has 2 aromatic heterocycles. The summed E-state index contributed by atoms with van der Waals surface area (Å²) in [5, 5.41) is 6.82. The van der Waals surface area contributed by atoms with E-state index in [0.29, 0.717) is 6.04 Å². The Hall–Kier alpha value is -1.26. The summed E-state index contributed by atoms with van der Waals surface area (Å²) in [6.45, 7) is 1.12. The normalized spacial score (nSPS) is 19.6. The van der Waals surface area contributed by atoms with E-state index < -0.39 is 0 Å². The van der Waals surface area contributed by atoms with Gasteiger partial charge in [0.15, 0.2) is 0 Å². The molecule has 1 aliphatic heterocycles. The maximum Gasteiger partial charge on any atom is 0.0988 e. The molecule has 0 aromatic carbocycles. The predicted molar refractivity (Wildman–Crippen MR) is 69.1 cm³/mol. The van der Waals surface area contributed by atoms with Gasteiger partial charge in [-0.3, -0.25) is 4.98 Å². The van der Waals surface area contributed by atoms with Crippen molar-refractivity contribution in [2.24, 2.45) is 0 Å². The van der Waals surface area contributed by atoms with Crippen LogP contribution in [0, 0.1) is 0 Å². The molecule has 1 fully saturated rings. The Kier molecular flexibility index (Phi) is 3.16. The lowest BCUT2D eigenvalue weighted by Gasteiger charge is -2.04. The SMILES string of the molecule is c1ccc(Cc2nc([C@@H]3CCCN3)cs2)nc1. The number of hydrogen-bond donors (Lipinski definition) is 1. The number of nitrogens with one attached hydrogen (secondary N) is 1. The van der Waals surface area contributed by atoms with Gasteiger partial charge < -0.3 is 5.32 Å². The summed E-state index contributed by atoms with van der Waals surface area (Å²) in [6, 6.07) is 6.49. The fraction of sp³-hybridized carbons (Fsp3) is 0.385. The van der Waals surface area contributed by atoms with Crippen molar-refractivity contribution in [1.82, 2.24) is 15.3 Å². The van der Waals surface area contributed by atoms with Crippen LogP contribution in [0.2, 0.25) is 0 Å². The Labute approximate surface area is 105 Å². The van der Waals surface area contributed by atoms with E-state index in [1.54, 1.807) is 11.3 Å². The fourth-order valence-electron chi connectivity index (χ4n) is 2.16. The van der Waals surface area contributed by atoms with Crippen LogP contribution in [0.25, 0.3) is 0 Å². The molecule has 0 aliphatic carbocycles. The minimum atomic E-state index is 0.476. The first kappa shape index (κ1) is 10.9. The van der Waals surface area contributed by atoms with Gasteiger partial charge >= 0.3 is 0 Å². The van der Waals surface area contributed by atoms with Crippen LogP contribution in [0.15, 0.2) is 29.8 Å². The van der Waals surface area contributed by atoms with Gasteiger partial charge in [0, 0.05) is 23.7 Å². The topological polar surface area (TPSA) is 37.8 Å². The van der Waals surface area contributed by atoms with Crippen molar-refractivity contribution >= 4 is 11.3 Å². The Morgan fingerprint density at radius 2 is 2.41 bits per heavy atom. The summed E-state index contributed by atoms with van der Waals surface area (Å²) in [4.78, 5) is 9.04. The summed E-state index contributed by atoms with van der Waals surface area (Å²) in [5.74, 6) is 0. The first-order chi connectivity index (χ1) is 8.42. The molecule has 88 valence electrons. The van der Waals surface area contributed by atoms with Gasteiger partial charge in [-0.15, -0.1) is 11.3 Å². The van der Waals surface area contributed by atoms with Gasteiger partial charge in [-0.25, -0.2) is 4.98 Å². The Morgan fingerprint density at radius 1 is 1.41 bits per heavy atom. The van der Waals surface area contributed by atoms with Crippen molar-refractivity contribution in [3.63, 3.8) is 0 Å². The highest BCUT2D eigenvalue weighted by molar-refractivity contribution is 7.09. The van der Waals surface area contributed by atoms with Crippen molar-refractivity contribution in [2.45, 2.75) is 25.3 Å². The van der Waals surface area contributed by atoms with Crippen LogP contribution in [-0.2, 0) is 6.42 Å². The average Bonchev–Trinajstić information content (AvgIpc) is 3.00. The maximum absolute atomic E-state index is 4.70. The van der Waals surface area contributed by atoms with Gasteiger partial charge in [-0.05, 0) is 31.5 Å². The number of pyridine rings is 1. The first-order valence-electron chi connectivity index (χ1n) is 5.99. The van der Waals surface area contributed by atoms with Crippen LogP contribution in [0.5, 0.6) is 0 Å². The summed E-state index contributed by atoms with van der Waals surface area (Å²) in [6.07, 6.45) is 5.16. The highest BCUT2D eigenvalue weighted by atomic mass is 32.1. The summed E-state index contributed by atoms with van der Waals surface area (Å²) < 4.78 is 0. The molecule has 3 heterocycles. The molecule has 0 amide bonds. The third kappa shape index (κ3) is 2.53. The lowest BCUT2D eigenvalue weighted by Crippen LogP contribution is -2.13. The predicted octanol–water partition coefficient (Wildman–Crippen LogP) is 2.55. The summed E-state index contributed by atoms with van der Waals surface area (Å²) >= 11 is 1.74. The van der Waals surface area contributed by atoms with Crippen LogP contribution in [0.1, 0.15) is 35.3 Å². The summed E-state index contributed by atoms with van der Waals surface area (Å²) in [5.41, 5.74) is 2.30. The quantitative estimate of drug-likeness (QED) is 0.903. The minimum absolute atomic E-state index is 0.476. The number of rotatable bonds is 3. The molecule has 0 saturated carbocycles. The largest absolute Gasteiger partial charge is 0.309 e. The average molecular weight is 245 g/mol. The van der Waals surface area contributed by atoms with Gasteiger partial charge in [-0.1, -0.05) is 6.07 Å². The maximum atomic E-state index is 4.70. The van der Waals surface area contributed by atoms with Crippen LogP contribution in [0.3, 0.4) is 0 Å². The number of hydrogen-bond acceptors (Lipinski definition) is 4. The molecule has 1 atom stereocenters. The highest BCUT2D eigenvalue weighted by Gasteiger charge is 2.18. The van der Waals surface area contributed by atoms with Crippen LogP contribution < -0.4 is 5.32 Å². The van der Waals surface area contributed by atoms with E-state index >= 15 is 0 Å². The summed E-state index contributed by atoms with van der Waals surface area (Å²) in [7, 11) is 0. The van der Waals surface area contributed by atoms with Crippen molar-refractivity contribution < 1.29 is 0 Å². The van der Waals surface area contributed by atoms with E-state index in [1.165, 1.54) is 18.5 Å². The van der Waals surface area contributed by atoms with E-state index in [4.69, 9.17) is 4.98 Å². The fourth-order valence-corrected chi connectivity index (χ4v) is 3.02. The lowest BCUT2D eigenvalue weighted by molar-refractivity contribution is 0.630. The zero-order chi connectivity index (χ0) is 11.5. The number of nitrogens with zero attached hydrogens (tertiary/aromatic N) is 2. The van der Waals surface area contributed by atoms with Crippen LogP contribution >= 0.6 is 11.3 Å². The molecular weight excluding hydrogens is 230 g/mol. The van der Waals surface area contributed by atoms with Crippen molar-refractivity contribution in [2.75, 3.05) is 6.54 Å². The van der Waals surface area contributed by atoms with Crippen LogP contribution in [-0.4, -0.2) is 16.5 Å². The van der Waals surface area contributed by atoms with E-state index in [-0.39, 0.29) is 0 Å². The standard InChI is InChI=1S/C13H15N3S/c1-2-6-14-10(4-1)8-13-16-12(9-17-13)11-5-3-7-15-11/h1-2,4,6,9,11,15H,3,5,7-8H2/t11-/m0/s1. The van der Waals surface area contributed by atoms with Crippen LogP contribution in [0.4, 0.5) is 0 Å². The molecule has 1 saturated heterocycles. The minimum Gasteiger partial charge on any atom is -0.309 e. The first-order valence-corrected chi connectivity index (χ1v) is 6.87. The molecule has 0 radical (unpaired) electrons. The molecule has 4 heteroatoms. The Balaban J connectivity index is 1.72. The molecule has 3 nitrogen and oxygen atoms in total. The van der Waals surface area contributed by atoms with Gasteiger partial charge in [0.25, 0.3) is 0 Å². The smallest absolute Gasteiger partial charge is 0.0988 e. The van der Waals surface area contributed by atoms with Gasteiger partial charge in [0.1, 0.15) is 0 Å². The second-order valence-electron chi connectivity index (χ2n) is 4.31. The van der Waals surface area contributed by atoms with Gasteiger partial charge in [0.05, 0.1) is 16.7 Å². The van der Waals surface area contributed by atoms with E-state index in [1.807, 2.05) is 18.3 Å². The Morgan fingerprint density at radius 3 is 3.18 bits per heavy atom. The second kappa shape index (κ2) is 4.94. The third-order valence-corrected chi connectivity index (χ3v) is 3.91. The molecule has 2 aromatic rings. The molecule has 0 spiro atoms. The second-order valence-corrected chi connectivity index (χ2v) is 5.26. The van der Waals surface area contributed by atoms with E-state index in [2.05, 4.69) is 21.7 Å². The van der Waals surface area contributed by atoms with E-state index in [9.17, 15) is 0 Å². The zero-order valence-corrected chi connectivity index (χ0v) is 10.4. The lowest BCUT2D eigenvalue weighted by atomic mass is 10.2. The van der Waals surface area contributed by atoms with Crippen molar-refractivity contribution in [3.8, 4) is 0 Å². The van der Waals surface area contributed by atoms with E-state index in [0.717, 1.165) is 23.7 Å². The number of aromatic nitrogens is 2. The highest BCUT2D eigenvalue weighted by Crippen LogP contribution is 2.25. The van der Waals surface area contributed by atoms with Crippen molar-refractivity contribution in [3.05, 3.63) is 46.2 Å².